The van der Waals surface area contributed by atoms with E-state index in [1.165, 1.54) is 0 Å². The highest BCUT2D eigenvalue weighted by Gasteiger charge is 2.18. The second-order valence-electron chi connectivity index (χ2n) is 3.97. The average molecular weight is 312 g/mol. The highest BCUT2D eigenvalue weighted by Crippen LogP contribution is 2.26. The molecule has 0 spiro atoms. The van der Waals surface area contributed by atoms with Crippen LogP contribution in [-0.4, -0.2) is 35.2 Å². The summed E-state index contributed by atoms with van der Waals surface area (Å²) in [5, 5.41) is 7.52. The van der Waals surface area contributed by atoms with Gasteiger partial charge in [0.15, 0.2) is 5.82 Å². The summed E-state index contributed by atoms with van der Waals surface area (Å²) in [4.78, 5) is 23.4. The molecule has 2 aromatic rings. The second-order valence-corrected chi connectivity index (χ2v) is 4.40. The predicted molar refractivity (Wildman–Crippen MR) is 77.8 cm³/mol. The first-order valence-electron chi connectivity index (χ1n) is 6.36. The first-order chi connectivity index (χ1) is 10.1. The summed E-state index contributed by atoms with van der Waals surface area (Å²) in [5.41, 5.74) is 0.438. The van der Waals surface area contributed by atoms with Crippen LogP contribution in [0.25, 0.3) is 10.9 Å². The van der Waals surface area contributed by atoms with Crippen molar-refractivity contribution in [3.05, 3.63) is 23.2 Å². The molecule has 0 saturated carbocycles. The molecular formula is C13H14ClN3O4. The molecule has 0 atom stereocenters. The fourth-order valence-electron chi connectivity index (χ4n) is 1.77. The van der Waals surface area contributed by atoms with Gasteiger partial charge in [-0.1, -0.05) is 11.6 Å². The fraction of sp³-hybridized carbons (Fsp3) is 0.308. The molecule has 0 unspecified atom stereocenters. The van der Waals surface area contributed by atoms with Gasteiger partial charge in [-0.25, -0.2) is 9.59 Å². The number of carbonyl (C=O) groups excluding carboxylic acids is 2. The van der Waals surface area contributed by atoms with E-state index in [4.69, 9.17) is 21.1 Å². The van der Waals surface area contributed by atoms with Gasteiger partial charge in [0.05, 0.1) is 18.7 Å². The van der Waals surface area contributed by atoms with Crippen LogP contribution in [0.5, 0.6) is 0 Å². The van der Waals surface area contributed by atoms with Crippen molar-refractivity contribution < 1.29 is 19.1 Å². The first kappa shape index (κ1) is 15.1. The zero-order valence-corrected chi connectivity index (χ0v) is 12.3. The third-order valence-electron chi connectivity index (χ3n) is 2.58. The number of rotatable bonds is 3. The number of carbonyl (C=O) groups is 2. The number of amides is 1. The lowest BCUT2D eigenvalue weighted by Gasteiger charge is -2.02. The molecule has 1 amide bonds. The Balaban J connectivity index is 2.46. The molecule has 112 valence electrons. The fourth-order valence-corrected chi connectivity index (χ4v) is 1.93. The summed E-state index contributed by atoms with van der Waals surface area (Å²) < 4.78 is 10.8. The molecule has 2 rings (SSSR count). The van der Waals surface area contributed by atoms with Crippen molar-refractivity contribution in [3.63, 3.8) is 0 Å². The minimum absolute atomic E-state index is 0.202. The highest BCUT2D eigenvalue weighted by molar-refractivity contribution is 6.31. The lowest BCUT2D eigenvalue weighted by molar-refractivity contribution is 0.151. The van der Waals surface area contributed by atoms with E-state index in [0.29, 0.717) is 15.9 Å². The minimum atomic E-state index is -0.651. The van der Waals surface area contributed by atoms with Gasteiger partial charge < -0.3 is 9.47 Å². The molecule has 0 radical (unpaired) electrons. The molecule has 0 fully saturated rings. The van der Waals surface area contributed by atoms with Gasteiger partial charge in [-0.15, -0.1) is 5.10 Å². The minimum Gasteiger partial charge on any atom is -0.450 e. The Kier molecular flexibility index (Phi) is 4.64. The molecular weight excluding hydrogens is 298 g/mol. The Morgan fingerprint density at radius 1 is 1.29 bits per heavy atom. The molecule has 1 aromatic carbocycles. The monoisotopic (exact) mass is 311 g/mol. The van der Waals surface area contributed by atoms with E-state index in [2.05, 4.69) is 10.4 Å². The van der Waals surface area contributed by atoms with E-state index in [9.17, 15) is 9.59 Å². The van der Waals surface area contributed by atoms with Gasteiger partial charge in [0.25, 0.3) is 0 Å². The van der Waals surface area contributed by atoms with Crippen LogP contribution in [0.4, 0.5) is 15.4 Å². The van der Waals surface area contributed by atoms with Crippen molar-refractivity contribution in [3.8, 4) is 0 Å². The molecule has 0 aliphatic rings. The molecule has 21 heavy (non-hydrogen) atoms. The number of halogens is 1. The zero-order chi connectivity index (χ0) is 15.4. The van der Waals surface area contributed by atoms with Gasteiger partial charge in [0.2, 0.25) is 0 Å². The SMILES string of the molecule is CCOC(=O)Nc1nn(C(=O)OCC)c2cc(Cl)ccc12. The molecule has 0 aliphatic carbocycles. The van der Waals surface area contributed by atoms with Crippen LogP contribution in [0.1, 0.15) is 13.8 Å². The van der Waals surface area contributed by atoms with Crippen molar-refractivity contribution in [2.75, 3.05) is 18.5 Å². The molecule has 1 aromatic heterocycles. The van der Waals surface area contributed by atoms with Crippen LogP contribution in [0.15, 0.2) is 18.2 Å². The Morgan fingerprint density at radius 2 is 2.00 bits per heavy atom. The van der Waals surface area contributed by atoms with Gasteiger partial charge in [0, 0.05) is 10.4 Å². The zero-order valence-electron chi connectivity index (χ0n) is 11.6. The van der Waals surface area contributed by atoms with Gasteiger partial charge >= 0.3 is 12.2 Å². The Morgan fingerprint density at radius 3 is 2.67 bits per heavy atom. The van der Waals surface area contributed by atoms with E-state index in [1.807, 2.05) is 0 Å². The summed E-state index contributed by atoms with van der Waals surface area (Å²) in [6, 6.07) is 4.86. The van der Waals surface area contributed by atoms with Gasteiger partial charge in [-0.2, -0.15) is 4.68 Å². The second kappa shape index (κ2) is 6.45. The molecule has 7 nitrogen and oxygen atoms in total. The molecule has 1 heterocycles. The van der Waals surface area contributed by atoms with E-state index in [1.54, 1.807) is 32.0 Å². The molecule has 1 N–H and O–H groups in total. The number of fused-ring (bicyclic) bond motifs is 1. The lowest BCUT2D eigenvalue weighted by Crippen LogP contribution is -2.17. The third kappa shape index (κ3) is 3.25. The van der Waals surface area contributed by atoms with Gasteiger partial charge in [0.1, 0.15) is 0 Å². The molecule has 0 saturated heterocycles. The van der Waals surface area contributed by atoms with E-state index in [-0.39, 0.29) is 19.0 Å². The standard InChI is InChI=1S/C13H14ClN3O4/c1-3-20-12(18)15-11-9-6-5-8(14)7-10(9)17(16-11)13(19)21-4-2/h5-7H,3-4H2,1-2H3,(H,15,16,18). The van der Waals surface area contributed by atoms with Crippen molar-refractivity contribution >= 4 is 40.5 Å². The Hall–Kier alpha value is -2.28. The average Bonchev–Trinajstić information content (AvgIpc) is 2.77. The Bertz CT molecular complexity index is 683. The number of nitrogens with zero attached hydrogens (tertiary/aromatic N) is 2. The van der Waals surface area contributed by atoms with Crippen molar-refractivity contribution in [1.82, 2.24) is 9.78 Å². The number of anilines is 1. The maximum absolute atomic E-state index is 11.9. The smallest absolute Gasteiger partial charge is 0.435 e. The third-order valence-corrected chi connectivity index (χ3v) is 2.81. The van der Waals surface area contributed by atoms with Crippen molar-refractivity contribution in [1.29, 1.82) is 0 Å². The van der Waals surface area contributed by atoms with Crippen LogP contribution >= 0.6 is 11.6 Å². The van der Waals surface area contributed by atoms with E-state index >= 15 is 0 Å². The summed E-state index contributed by atoms with van der Waals surface area (Å²) in [6.45, 7) is 3.82. The largest absolute Gasteiger partial charge is 0.450 e. The highest BCUT2D eigenvalue weighted by atomic mass is 35.5. The normalized spacial score (nSPS) is 10.4. The molecule has 0 aliphatic heterocycles. The van der Waals surface area contributed by atoms with Crippen molar-refractivity contribution in [2.45, 2.75) is 13.8 Å². The Labute approximate surface area is 125 Å². The summed E-state index contributed by atoms with van der Waals surface area (Å²) in [6.07, 6.45) is -1.30. The number of benzene rings is 1. The van der Waals surface area contributed by atoms with Crippen LogP contribution in [-0.2, 0) is 9.47 Å². The van der Waals surface area contributed by atoms with Gasteiger partial charge in [-0.3, -0.25) is 5.32 Å². The number of aromatic nitrogens is 2. The summed E-state index contributed by atoms with van der Waals surface area (Å²) >= 11 is 5.93. The predicted octanol–water partition coefficient (Wildman–Crippen LogP) is 3.26. The topological polar surface area (TPSA) is 82.5 Å². The molecule has 8 heteroatoms. The quantitative estimate of drug-likeness (QED) is 0.940. The van der Waals surface area contributed by atoms with E-state index < -0.39 is 12.2 Å². The van der Waals surface area contributed by atoms with Crippen LogP contribution in [0, 0.1) is 0 Å². The summed E-state index contributed by atoms with van der Waals surface area (Å²) in [5.74, 6) is 0.202. The first-order valence-corrected chi connectivity index (χ1v) is 6.73. The van der Waals surface area contributed by atoms with Crippen LogP contribution in [0.2, 0.25) is 5.02 Å². The van der Waals surface area contributed by atoms with Gasteiger partial charge in [-0.05, 0) is 32.0 Å². The lowest BCUT2D eigenvalue weighted by atomic mass is 10.2. The number of hydrogen-bond acceptors (Lipinski definition) is 5. The number of nitrogens with one attached hydrogen (secondary N) is 1. The van der Waals surface area contributed by atoms with E-state index in [0.717, 1.165) is 4.68 Å². The maximum Gasteiger partial charge on any atom is 0.435 e. The molecule has 0 bridgehead atoms. The van der Waals surface area contributed by atoms with Crippen molar-refractivity contribution in [2.24, 2.45) is 0 Å². The van der Waals surface area contributed by atoms with Crippen LogP contribution < -0.4 is 5.32 Å². The number of ether oxygens (including phenoxy) is 2. The summed E-state index contributed by atoms with van der Waals surface area (Å²) in [7, 11) is 0. The number of hydrogen-bond donors (Lipinski definition) is 1. The van der Waals surface area contributed by atoms with Crippen LogP contribution in [0.3, 0.4) is 0 Å². The maximum atomic E-state index is 11.9.